The summed E-state index contributed by atoms with van der Waals surface area (Å²) in [6.45, 7) is 4.06. The van der Waals surface area contributed by atoms with Crippen LogP contribution in [0.25, 0.3) is 0 Å². The van der Waals surface area contributed by atoms with E-state index >= 15 is 0 Å². The Bertz CT molecular complexity index is 569. The van der Waals surface area contributed by atoms with E-state index in [1.165, 1.54) is 5.56 Å². The predicted octanol–water partition coefficient (Wildman–Crippen LogP) is 3.83. The molecule has 0 radical (unpaired) electrons. The molecule has 2 nitrogen and oxygen atoms in total. The lowest BCUT2D eigenvalue weighted by Crippen LogP contribution is -2.10. The van der Waals surface area contributed by atoms with Gasteiger partial charge < -0.3 is 0 Å². The Morgan fingerprint density at radius 1 is 1.33 bits per heavy atom. The Balaban J connectivity index is 2.30. The number of hydrogen-bond acceptors (Lipinski definition) is 2. The van der Waals surface area contributed by atoms with Gasteiger partial charge in [-0.2, -0.15) is 0 Å². The zero-order valence-corrected chi connectivity index (χ0v) is 13.6. The number of halogens is 2. The summed E-state index contributed by atoms with van der Waals surface area (Å²) in [5.74, 6) is 0.670. The van der Waals surface area contributed by atoms with E-state index in [-0.39, 0.29) is 16.5 Å². The fourth-order valence-corrected chi connectivity index (χ4v) is 5.71. The minimum atomic E-state index is -2.85. The van der Waals surface area contributed by atoms with Gasteiger partial charge in [0.2, 0.25) is 0 Å². The highest BCUT2D eigenvalue weighted by atomic mass is 79.9. The van der Waals surface area contributed by atoms with E-state index in [2.05, 4.69) is 22.0 Å². The molecule has 1 aliphatic rings. The fourth-order valence-electron chi connectivity index (χ4n) is 2.32. The van der Waals surface area contributed by atoms with E-state index in [1.807, 2.05) is 19.9 Å². The molecule has 0 saturated carbocycles. The van der Waals surface area contributed by atoms with Gasteiger partial charge in [-0.25, -0.2) is 8.42 Å². The van der Waals surface area contributed by atoms with Crippen LogP contribution in [0, 0.1) is 19.8 Å². The monoisotopic (exact) mass is 350 g/mol. The van der Waals surface area contributed by atoms with Crippen molar-refractivity contribution in [3.63, 3.8) is 0 Å². The number of hydrogen-bond donors (Lipinski definition) is 0. The first-order valence-corrected chi connectivity index (χ1v) is 9.03. The maximum Gasteiger partial charge on any atom is 0.150 e. The lowest BCUT2D eigenvalue weighted by molar-refractivity contribution is 0.579. The molecule has 2 unspecified atom stereocenters. The molecule has 2 rings (SSSR count). The van der Waals surface area contributed by atoms with Crippen molar-refractivity contribution < 1.29 is 8.42 Å². The van der Waals surface area contributed by atoms with Crippen LogP contribution >= 0.6 is 27.5 Å². The third kappa shape index (κ3) is 2.91. The summed E-state index contributed by atoms with van der Waals surface area (Å²) >= 11 is 9.89. The summed E-state index contributed by atoms with van der Waals surface area (Å²) in [7, 11) is -2.85. The second-order valence-corrected chi connectivity index (χ2v) is 8.65. The highest BCUT2D eigenvalue weighted by Crippen LogP contribution is 2.41. The smallest absolute Gasteiger partial charge is 0.150 e. The quantitative estimate of drug-likeness (QED) is 0.759. The van der Waals surface area contributed by atoms with Gasteiger partial charge in [0.25, 0.3) is 0 Å². The number of rotatable bonds is 2. The Kier molecular flexibility index (Phi) is 4.10. The van der Waals surface area contributed by atoms with Crippen LogP contribution in [0.2, 0.25) is 5.02 Å². The second kappa shape index (κ2) is 5.14. The van der Waals surface area contributed by atoms with Gasteiger partial charge in [-0.3, -0.25) is 0 Å². The molecule has 0 aromatic heterocycles. The van der Waals surface area contributed by atoms with Gasteiger partial charge in [-0.1, -0.05) is 33.6 Å². The summed E-state index contributed by atoms with van der Waals surface area (Å²) in [5, 5.41) is 0.712. The lowest BCUT2D eigenvalue weighted by atomic mass is 9.96. The first-order chi connectivity index (χ1) is 8.30. The third-order valence-electron chi connectivity index (χ3n) is 3.59. The summed E-state index contributed by atoms with van der Waals surface area (Å²) in [6.07, 6.45) is 0.710. The van der Waals surface area contributed by atoms with Crippen molar-refractivity contribution in [2.45, 2.75) is 25.1 Å². The molecule has 0 amide bonds. The summed E-state index contributed by atoms with van der Waals surface area (Å²) in [4.78, 5) is 0.0153. The maximum absolute atomic E-state index is 11.5. The molecule has 0 bridgehead atoms. The molecule has 0 spiro atoms. The van der Waals surface area contributed by atoms with Crippen molar-refractivity contribution in [2.24, 2.45) is 5.92 Å². The molecule has 1 heterocycles. The number of aryl methyl sites for hydroxylation is 2. The van der Waals surface area contributed by atoms with Gasteiger partial charge in [0.1, 0.15) is 0 Å². The van der Waals surface area contributed by atoms with Crippen molar-refractivity contribution in [3.8, 4) is 0 Å². The Morgan fingerprint density at radius 2 is 1.94 bits per heavy atom. The van der Waals surface area contributed by atoms with Gasteiger partial charge in [0.15, 0.2) is 9.84 Å². The molecule has 0 aliphatic carbocycles. The molecule has 1 aliphatic heterocycles. The zero-order valence-electron chi connectivity index (χ0n) is 10.4. The van der Waals surface area contributed by atoms with E-state index in [4.69, 9.17) is 11.6 Å². The first-order valence-electron chi connectivity index (χ1n) is 5.91. The van der Waals surface area contributed by atoms with Crippen molar-refractivity contribution in [1.82, 2.24) is 0 Å². The maximum atomic E-state index is 11.5. The molecule has 0 N–H and O–H groups in total. The summed E-state index contributed by atoms with van der Waals surface area (Å²) in [5.41, 5.74) is 3.34. The standard InChI is InChI=1S/C13H16BrClO2S/c1-8-5-11(12(15)6-9(8)2)13(14)10-3-4-18(16,17)7-10/h5-6,10,13H,3-4,7H2,1-2H3. The number of benzene rings is 1. The largest absolute Gasteiger partial charge is 0.229 e. The molecule has 1 aromatic carbocycles. The minimum Gasteiger partial charge on any atom is -0.229 e. The van der Waals surface area contributed by atoms with Crippen LogP contribution in [0.5, 0.6) is 0 Å². The minimum absolute atomic E-state index is 0.0153. The predicted molar refractivity (Wildman–Crippen MR) is 79.4 cm³/mol. The van der Waals surface area contributed by atoms with Gasteiger partial charge in [0.05, 0.1) is 11.5 Å². The average molecular weight is 352 g/mol. The molecule has 100 valence electrons. The molecule has 1 saturated heterocycles. The highest BCUT2D eigenvalue weighted by Gasteiger charge is 2.34. The lowest BCUT2D eigenvalue weighted by Gasteiger charge is -2.19. The van der Waals surface area contributed by atoms with Gasteiger partial charge in [-0.15, -0.1) is 0 Å². The van der Waals surface area contributed by atoms with Crippen molar-refractivity contribution >= 4 is 37.4 Å². The second-order valence-electron chi connectivity index (χ2n) is 5.02. The zero-order chi connectivity index (χ0) is 13.5. The van der Waals surface area contributed by atoms with E-state index < -0.39 is 9.84 Å². The summed E-state index contributed by atoms with van der Waals surface area (Å²) in [6, 6.07) is 4.01. The number of sulfone groups is 1. The Hall–Kier alpha value is -0.0600. The SMILES string of the molecule is Cc1cc(Cl)c(C(Br)C2CCS(=O)(=O)C2)cc1C. The van der Waals surface area contributed by atoms with Crippen LogP contribution < -0.4 is 0 Å². The van der Waals surface area contributed by atoms with Crippen LogP contribution in [0.4, 0.5) is 0 Å². The van der Waals surface area contributed by atoms with Crippen molar-refractivity contribution in [1.29, 1.82) is 0 Å². The van der Waals surface area contributed by atoms with Gasteiger partial charge in [-0.05, 0) is 48.9 Å². The Morgan fingerprint density at radius 3 is 2.50 bits per heavy atom. The summed E-state index contributed by atoms with van der Waals surface area (Å²) < 4.78 is 23.1. The molecule has 18 heavy (non-hydrogen) atoms. The van der Waals surface area contributed by atoms with Crippen LogP contribution in [-0.2, 0) is 9.84 Å². The van der Waals surface area contributed by atoms with E-state index in [0.29, 0.717) is 17.2 Å². The van der Waals surface area contributed by atoms with Crippen molar-refractivity contribution in [3.05, 3.63) is 33.8 Å². The molecule has 1 fully saturated rings. The molecule has 2 atom stereocenters. The van der Waals surface area contributed by atoms with Crippen LogP contribution in [0.15, 0.2) is 12.1 Å². The van der Waals surface area contributed by atoms with E-state index in [0.717, 1.165) is 11.1 Å². The third-order valence-corrected chi connectivity index (χ3v) is 6.95. The van der Waals surface area contributed by atoms with E-state index in [9.17, 15) is 8.42 Å². The van der Waals surface area contributed by atoms with Gasteiger partial charge in [0, 0.05) is 9.85 Å². The fraction of sp³-hybridized carbons (Fsp3) is 0.538. The Labute approximate surface area is 122 Å². The van der Waals surface area contributed by atoms with E-state index in [1.54, 1.807) is 0 Å². The molecular formula is C13H16BrClO2S. The molecular weight excluding hydrogens is 336 g/mol. The van der Waals surface area contributed by atoms with Crippen LogP contribution in [0.1, 0.15) is 27.9 Å². The normalized spacial score (nSPS) is 24.1. The van der Waals surface area contributed by atoms with Crippen LogP contribution in [-0.4, -0.2) is 19.9 Å². The van der Waals surface area contributed by atoms with Crippen molar-refractivity contribution in [2.75, 3.05) is 11.5 Å². The first kappa shape index (κ1) is 14.4. The molecule has 1 aromatic rings. The highest BCUT2D eigenvalue weighted by molar-refractivity contribution is 9.09. The topological polar surface area (TPSA) is 34.1 Å². The number of alkyl halides is 1. The molecule has 5 heteroatoms. The van der Waals surface area contributed by atoms with Gasteiger partial charge >= 0.3 is 0 Å². The van der Waals surface area contributed by atoms with Crippen LogP contribution in [0.3, 0.4) is 0 Å². The average Bonchev–Trinajstić information content (AvgIpc) is 2.63.